The van der Waals surface area contributed by atoms with Gasteiger partial charge >= 0.3 is 0 Å². The van der Waals surface area contributed by atoms with E-state index in [0.717, 1.165) is 37.8 Å². The van der Waals surface area contributed by atoms with Gasteiger partial charge in [-0.1, -0.05) is 20.3 Å². The number of carbonyl (C=O) groups excluding carboxylic acids is 1. The molecular weight excluding hydrogens is 188 g/mol. The Bertz CT molecular complexity index is 206. The van der Waals surface area contributed by atoms with Gasteiger partial charge in [-0.05, 0) is 38.1 Å². The van der Waals surface area contributed by atoms with Gasteiger partial charge in [-0.2, -0.15) is 0 Å². The van der Waals surface area contributed by atoms with E-state index in [1.165, 1.54) is 6.42 Å². The molecule has 0 aromatic heterocycles. The van der Waals surface area contributed by atoms with Crippen molar-refractivity contribution in [2.45, 2.75) is 46.1 Å². The largest absolute Gasteiger partial charge is 0.355 e. The summed E-state index contributed by atoms with van der Waals surface area (Å²) in [6.45, 7) is 8.12. The molecule has 3 unspecified atom stereocenters. The van der Waals surface area contributed by atoms with E-state index in [0.29, 0.717) is 0 Å². The first-order valence-electron chi connectivity index (χ1n) is 6.16. The van der Waals surface area contributed by atoms with Gasteiger partial charge in [0, 0.05) is 6.54 Å². The molecular formula is C12H24N2O. The van der Waals surface area contributed by atoms with Crippen LogP contribution in [0.5, 0.6) is 0 Å². The average Bonchev–Trinajstić information content (AvgIpc) is 2.91. The Morgan fingerprint density at radius 3 is 2.73 bits per heavy atom. The van der Waals surface area contributed by atoms with Gasteiger partial charge in [0.2, 0.25) is 5.91 Å². The third-order valence-corrected chi connectivity index (χ3v) is 3.19. The van der Waals surface area contributed by atoms with Gasteiger partial charge < -0.3 is 10.6 Å². The number of carbonyl (C=O) groups is 1. The Morgan fingerprint density at radius 1 is 1.53 bits per heavy atom. The molecule has 1 saturated carbocycles. The van der Waals surface area contributed by atoms with Crippen LogP contribution in [0.3, 0.4) is 0 Å². The van der Waals surface area contributed by atoms with Crippen molar-refractivity contribution in [3.63, 3.8) is 0 Å². The van der Waals surface area contributed by atoms with Gasteiger partial charge in [0.25, 0.3) is 0 Å². The van der Waals surface area contributed by atoms with E-state index in [4.69, 9.17) is 0 Å². The van der Waals surface area contributed by atoms with E-state index < -0.39 is 0 Å². The van der Waals surface area contributed by atoms with Crippen molar-refractivity contribution in [1.29, 1.82) is 0 Å². The highest BCUT2D eigenvalue weighted by atomic mass is 16.2. The number of rotatable bonds is 7. The zero-order chi connectivity index (χ0) is 11.3. The maximum atomic E-state index is 11.6. The molecule has 0 heterocycles. The molecule has 2 N–H and O–H groups in total. The first-order chi connectivity index (χ1) is 7.15. The zero-order valence-corrected chi connectivity index (χ0v) is 10.2. The molecule has 3 atom stereocenters. The van der Waals surface area contributed by atoms with Crippen LogP contribution in [0.4, 0.5) is 0 Å². The molecule has 0 aromatic carbocycles. The Balaban J connectivity index is 2.04. The van der Waals surface area contributed by atoms with Crippen LogP contribution in [-0.2, 0) is 4.79 Å². The fraction of sp³-hybridized carbons (Fsp3) is 0.917. The topological polar surface area (TPSA) is 41.1 Å². The zero-order valence-electron chi connectivity index (χ0n) is 10.2. The van der Waals surface area contributed by atoms with Crippen LogP contribution < -0.4 is 10.6 Å². The molecule has 1 fully saturated rings. The van der Waals surface area contributed by atoms with Crippen LogP contribution >= 0.6 is 0 Å². The molecule has 3 nitrogen and oxygen atoms in total. The first-order valence-corrected chi connectivity index (χ1v) is 6.16. The second-order valence-corrected chi connectivity index (χ2v) is 4.75. The van der Waals surface area contributed by atoms with Crippen LogP contribution in [0, 0.1) is 11.8 Å². The number of hydrogen-bond acceptors (Lipinski definition) is 2. The fourth-order valence-corrected chi connectivity index (χ4v) is 1.65. The molecule has 3 heteroatoms. The van der Waals surface area contributed by atoms with E-state index in [9.17, 15) is 4.79 Å². The van der Waals surface area contributed by atoms with Gasteiger partial charge in [-0.3, -0.25) is 4.79 Å². The van der Waals surface area contributed by atoms with Crippen molar-refractivity contribution < 1.29 is 4.79 Å². The molecule has 1 rings (SSSR count). The number of amides is 1. The summed E-state index contributed by atoms with van der Waals surface area (Å²) >= 11 is 0. The van der Waals surface area contributed by atoms with Crippen molar-refractivity contribution in [1.82, 2.24) is 10.6 Å². The molecule has 0 radical (unpaired) electrons. The first kappa shape index (κ1) is 12.5. The lowest BCUT2D eigenvalue weighted by Crippen LogP contribution is -2.43. The molecule has 0 aromatic rings. The van der Waals surface area contributed by atoms with Crippen LogP contribution in [0.2, 0.25) is 0 Å². The summed E-state index contributed by atoms with van der Waals surface area (Å²) in [5.41, 5.74) is 0. The maximum Gasteiger partial charge on any atom is 0.236 e. The van der Waals surface area contributed by atoms with E-state index >= 15 is 0 Å². The Labute approximate surface area is 93.0 Å². The second-order valence-electron chi connectivity index (χ2n) is 4.75. The van der Waals surface area contributed by atoms with Crippen molar-refractivity contribution in [3.8, 4) is 0 Å². The quantitative estimate of drug-likeness (QED) is 0.628. The molecule has 0 bridgehead atoms. The third-order valence-electron chi connectivity index (χ3n) is 3.19. The fourth-order valence-electron chi connectivity index (χ4n) is 1.65. The van der Waals surface area contributed by atoms with Crippen LogP contribution in [0.15, 0.2) is 0 Å². The van der Waals surface area contributed by atoms with Gasteiger partial charge in [0.05, 0.1) is 6.04 Å². The highest BCUT2D eigenvalue weighted by Crippen LogP contribution is 2.36. The van der Waals surface area contributed by atoms with Crippen molar-refractivity contribution in [2.24, 2.45) is 11.8 Å². The summed E-state index contributed by atoms with van der Waals surface area (Å²) in [5, 5.41) is 6.23. The summed E-state index contributed by atoms with van der Waals surface area (Å²) in [4.78, 5) is 11.6. The van der Waals surface area contributed by atoms with Crippen molar-refractivity contribution in [2.75, 3.05) is 13.1 Å². The second kappa shape index (κ2) is 6.11. The maximum absolute atomic E-state index is 11.6. The molecule has 88 valence electrons. The lowest BCUT2D eigenvalue weighted by molar-refractivity contribution is -0.122. The number of unbranched alkanes of at least 4 members (excludes halogenated alkanes) is 1. The predicted octanol–water partition coefficient (Wildman–Crippen LogP) is 1.54. The van der Waals surface area contributed by atoms with E-state index in [1.54, 1.807) is 0 Å². The van der Waals surface area contributed by atoms with E-state index in [2.05, 4.69) is 24.5 Å². The summed E-state index contributed by atoms with van der Waals surface area (Å²) < 4.78 is 0. The van der Waals surface area contributed by atoms with Gasteiger partial charge in [-0.25, -0.2) is 0 Å². The van der Waals surface area contributed by atoms with E-state index in [-0.39, 0.29) is 11.9 Å². The number of nitrogens with one attached hydrogen (secondary N) is 2. The summed E-state index contributed by atoms with van der Waals surface area (Å²) in [6, 6.07) is -0.0466. The molecule has 1 aliphatic carbocycles. The minimum absolute atomic E-state index is 0.0466. The summed E-state index contributed by atoms with van der Waals surface area (Å²) in [6.07, 6.45) is 3.51. The average molecular weight is 212 g/mol. The predicted molar refractivity (Wildman–Crippen MR) is 62.7 cm³/mol. The van der Waals surface area contributed by atoms with Gasteiger partial charge in [-0.15, -0.1) is 0 Å². The monoisotopic (exact) mass is 212 g/mol. The van der Waals surface area contributed by atoms with Crippen LogP contribution in [0.1, 0.15) is 40.0 Å². The summed E-state index contributed by atoms with van der Waals surface area (Å²) in [7, 11) is 0. The molecule has 1 aliphatic rings. The SMILES string of the molecule is CCCCNC(=O)C(C)NCC1CC1C. The number of hydrogen-bond donors (Lipinski definition) is 2. The molecule has 0 aliphatic heterocycles. The minimum Gasteiger partial charge on any atom is -0.355 e. The normalized spacial score (nSPS) is 26.1. The van der Waals surface area contributed by atoms with Crippen LogP contribution in [-0.4, -0.2) is 25.0 Å². The molecule has 1 amide bonds. The highest BCUT2D eigenvalue weighted by molar-refractivity contribution is 5.81. The summed E-state index contributed by atoms with van der Waals surface area (Å²) in [5.74, 6) is 1.79. The standard InChI is InChI=1S/C12H24N2O/c1-4-5-6-13-12(15)10(3)14-8-11-7-9(11)2/h9-11,14H,4-8H2,1-3H3,(H,13,15). The Kier molecular flexibility index (Phi) is 5.09. The van der Waals surface area contributed by atoms with E-state index in [1.807, 2.05) is 6.92 Å². The third kappa shape index (κ3) is 4.65. The van der Waals surface area contributed by atoms with Gasteiger partial charge in [0.1, 0.15) is 0 Å². The Morgan fingerprint density at radius 2 is 2.20 bits per heavy atom. The van der Waals surface area contributed by atoms with Crippen LogP contribution in [0.25, 0.3) is 0 Å². The lowest BCUT2D eigenvalue weighted by atomic mass is 10.2. The lowest BCUT2D eigenvalue weighted by Gasteiger charge is -2.13. The molecule has 0 saturated heterocycles. The van der Waals surface area contributed by atoms with Crippen molar-refractivity contribution in [3.05, 3.63) is 0 Å². The minimum atomic E-state index is -0.0466. The van der Waals surface area contributed by atoms with Crippen molar-refractivity contribution >= 4 is 5.91 Å². The highest BCUT2D eigenvalue weighted by Gasteiger charge is 2.32. The molecule has 0 spiro atoms. The van der Waals surface area contributed by atoms with Gasteiger partial charge in [0.15, 0.2) is 0 Å². The smallest absolute Gasteiger partial charge is 0.236 e. The molecule has 15 heavy (non-hydrogen) atoms. The Hall–Kier alpha value is -0.570.